The molecule has 0 bridgehead atoms. The van der Waals surface area contributed by atoms with Gasteiger partial charge in [-0.1, -0.05) is 0 Å². The van der Waals surface area contributed by atoms with Crippen molar-refractivity contribution in [3.05, 3.63) is 29.8 Å². The second-order valence-electron chi connectivity index (χ2n) is 3.61. The third kappa shape index (κ3) is 4.05. The average molecular weight is 323 g/mol. The van der Waals surface area contributed by atoms with Crippen molar-refractivity contribution in [3.8, 4) is 0 Å². The first-order valence-electron chi connectivity index (χ1n) is 5.20. The van der Waals surface area contributed by atoms with Gasteiger partial charge in [0.25, 0.3) is 0 Å². The first-order valence-corrected chi connectivity index (χ1v) is 10.1. The topological polar surface area (TPSA) is 0 Å². The third-order valence-corrected chi connectivity index (χ3v) is 8.11. The van der Waals surface area contributed by atoms with Gasteiger partial charge >= 0.3 is 98.1 Å². The molecule has 1 aromatic carbocycles. The molecular weight excluding hydrogens is 308 g/mol. The van der Waals surface area contributed by atoms with Crippen LogP contribution in [0.4, 0.5) is 13.2 Å². The zero-order valence-corrected chi connectivity index (χ0v) is 12.8. The fourth-order valence-electron chi connectivity index (χ4n) is 1.58. The molecule has 0 aliphatic heterocycles. The zero-order valence-electron chi connectivity index (χ0n) is 8.77. The molecule has 0 radical (unpaired) electrons. The van der Waals surface area contributed by atoms with Crippen LogP contribution in [0.15, 0.2) is 24.3 Å². The van der Waals surface area contributed by atoms with Crippen molar-refractivity contribution in [2.45, 2.75) is 30.4 Å². The fourth-order valence-corrected chi connectivity index (χ4v) is 7.35. The summed E-state index contributed by atoms with van der Waals surface area (Å²) in [5.74, 6) is 0. The van der Waals surface area contributed by atoms with E-state index < -0.39 is 32.9 Å². The third-order valence-electron chi connectivity index (χ3n) is 2.37. The average Bonchev–Trinajstić information content (AvgIpc) is 2.17. The minimum absolute atomic E-state index is 0.392. The molecule has 0 atom stereocenters. The second kappa shape index (κ2) is 5.77. The SMILES string of the molecule is CCC[CH2][SnH2][c]1ccccc1C(F)(F)F. The van der Waals surface area contributed by atoms with E-state index in [9.17, 15) is 13.2 Å². The normalized spacial score (nSPS) is 12.5. The first kappa shape index (κ1) is 12.9. The molecule has 0 nitrogen and oxygen atoms in total. The minimum atomic E-state index is -4.17. The molecular formula is C11H15F3Sn. The maximum atomic E-state index is 12.6. The number of alkyl halides is 3. The number of rotatable bonds is 4. The Morgan fingerprint density at radius 2 is 1.87 bits per heavy atom. The fraction of sp³-hybridized carbons (Fsp3) is 0.455. The van der Waals surface area contributed by atoms with Crippen LogP contribution in [0, 0.1) is 0 Å². The van der Waals surface area contributed by atoms with Crippen molar-refractivity contribution < 1.29 is 13.2 Å². The van der Waals surface area contributed by atoms with Gasteiger partial charge in [-0.2, -0.15) is 0 Å². The Balaban J connectivity index is 2.78. The summed E-state index contributed by atoms with van der Waals surface area (Å²) in [5.41, 5.74) is -0.392. The van der Waals surface area contributed by atoms with Gasteiger partial charge in [-0.15, -0.1) is 0 Å². The van der Waals surface area contributed by atoms with Crippen LogP contribution in [0.5, 0.6) is 0 Å². The van der Waals surface area contributed by atoms with Crippen LogP contribution in [0.1, 0.15) is 25.3 Å². The van der Waals surface area contributed by atoms with Crippen LogP contribution < -0.4 is 3.58 Å². The molecule has 0 aromatic heterocycles. The summed E-state index contributed by atoms with van der Waals surface area (Å²) >= 11 is -1.40. The van der Waals surface area contributed by atoms with Crippen molar-refractivity contribution in [2.75, 3.05) is 0 Å². The van der Waals surface area contributed by atoms with Gasteiger partial charge in [0.05, 0.1) is 0 Å². The second-order valence-corrected chi connectivity index (χ2v) is 9.23. The van der Waals surface area contributed by atoms with Gasteiger partial charge in [0.1, 0.15) is 0 Å². The molecule has 84 valence electrons. The summed E-state index contributed by atoms with van der Waals surface area (Å²) in [6, 6.07) is 6.05. The van der Waals surface area contributed by atoms with Crippen molar-refractivity contribution >= 4 is 24.7 Å². The molecule has 0 aliphatic carbocycles. The van der Waals surface area contributed by atoms with E-state index in [1.807, 2.05) is 0 Å². The van der Waals surface area contributed by atoms with E-state index in [-0.39, 0.29) is 0 Å². The van der Waals surface area contributed by atoms with E-state index in [0.717, 1.165) is 17.3 Å². The molecule has 0 heterocycles. The molecule has 1 rings (SSSR count). The van der Waals surface area contributed by atoms with Crippen molar-refractivity contribution in [3.63, 3.8) is 0 Å². The van der Waals surface area contributed by atoms with Crippen molar-refractivity contribution in [1.82, 2.24) is 0 Å². The molecule has 0 aliphatic rings. The van der Waals surface area contributed by atoms with Gasteiger partial charge in [0.2, 0.25) is 0 Å². The van der Waals surface area contributed by atoms with Crippen LogP contribution in [0.25, 0.3) is 0 Å². The first-order chi connectivity index (χ1) is 7.05. The van der Waals surface area contributed by atoms with Gasteiger partial charge in [-0.3, -0.25) is 0 Å². The molecule has 0 unspecified atom stereocenters. The van der Waals surface area contributed by atoms with E-state index >= 15 is 0 Å². The molecule has 4 heteroatoms. The van der Waals surface area contributed by atoms with Gasteiger partial charge in [-0.25, -0.2) is 0 Å². The van der Waals surface area contributed by atoms with E-state index in [1.54, 1.807) is 12.1 Å². The molecule has 0 amide bonds. The maximum absolute atomic E-state index is 12.6. The standard InChI is InChI=1S/C7H4F3.C4H9.Sn.2H/c8-7(9,10)6-4-2-1-3-5-6;1-3-4-2;;;/h1-4H;1,3-4H2,2H3;;;. The van der Waals surface area contributed by atoms with Crippen LogP contribution >= 0.6 is 0 Å². The quantitative estimate of drug-likeness (QED) is 0.590. The van der Waals surface area contributed by atoms with Crippen LogP contribution in [-0.4, -0.2) is 21.1 Å². The van der Waals surface area contributed by atoms with E-state index in [0.29, 0.717) is 3.58 Å². The molecule has 1 aromatic rings. The van der Waals surface area contributed by atoms with Crippen LogP contribution in [-0.2, 0) is 6.18 Å². The Labute approximate surface area is 98.1 Å². The predicted molar refractivity (Wildman–Crippen MR) is 59.3 cm³/mol. The summed E-state index contributed by atoms with van der Waals surface area (Å²) in [6.45, 7) is 2.07. The summed E-state index contributed by atoms with van der Waals surface area (Å²) in [6.07, 6.45) is -2.02. The molecule has 0 N–H and O–H groups in total. The van der Waals surface area contributed by atoms with E-state index in [1.165, 1.54) is 12.1 Å². The van der Waals surface area contributed by atoms with Gasteiger partial charge < -0.3 is 0 Å². The Hall–Kier alpha value is -0.191. The van der Waals surface area contributed by atoms with Gasteiger partial charge in [0, 0.05) is 0 Å². The molecule has 0 saturated carbocycles. The summed E-state index contributed by atoms with van der Waals surface area (Å²) in [7, 11) is 0. The number of benzene rings is 1. The predicted octanol–water partition coefficient (Wildman–Crippen LogP) is 2.72. The number of hydrogen-bond donors (Lipinski definition) is 0. The Bertz CT molecular complexity index is 307. The summed E-state index contributed by atoms with van der Waals surface area (Å²) in [4.78, 5) is 0. The van der Waals surface area contributed by atoms with E-state index in [2.05, 4.69) is 6.92 Å². The molecule has 0 saturated heterocycles. The number of hydrogen-bond acceptors (Lipinski definition) is 0. The number of unbranched alkanes of at least 4 members (excludes halogenated alkanes) is 1. The van der Waals surface area contributed by atoms with Crippen molar-refractivity contribution in [1.29, 1.82) is 0 Å². The van der Waals surface area contributed by atoms with E-state index in [4.69, 9.17) is 0 Å². The van der Waals surface area contributed by atoms with Crippen LogP contribution in [0.3, 0.4) is 0 Å². The summed E-state index contributed by atoms with van der Waals surface area (Å²) in [5, 5.41) is 0. The monoisotopic (exact) mass is 324 g/mol. The zero-order chi connectivity index (χ0) is 11.3. The molecule has 0 spiro atoms. The summed E-state index contributed by atoms with van der Waals surface area (Å²) < 4.78 is 39.4. The number of halogens is 3. The Kier molecular flexibility index (Phi) is 4.96. The van der Waals surface area contributed by atoms with Gasteiger partial charge in [0.15, 0.2) is 0 Å². The molecule has 15 heavy (non-hydrogen) atoms. The van der Waals surface area contributed by atoms with Crippen molar-refractivity contribution in [2.24, 2.45) is 0 Å². The van der Waals surface area contributed by atoms with Crippen LogP contribution in [0.2, 0.25) is 4.44 Å². The molecule has 0 fully saturated rings. The van der Waals surface area contributed by atoms with Gasteiger partial charge in [-0.05, 0) is 0 Å². The Morgan fingerprint density at radius 1 is 1.20 bits per heavy atom. The Morgan fingerprint density at radius 3 is 2.47 bits per heavy atom.